The molecule has 5 fully saturated rings. The van der Waals surface area contributed by atoms with Gasteiger partial charge in [-0.3, -0.25) is 19.2 Å². The molecule has 15 heteroatoms. The SMILES string of the molecule is C.CC(=O)Oc1ccc2c(c1)CCC1C2CC[C@@]2(C)C1C=C[C@@H]2OC(C)=O.CC(=O)Oc1ccc2c(c1)CCC1C2CC[C@@]2(C)C1[C@@H](O)[C@@H](O)[C@@H]2OC(C)=O.C[C@]12CCC3c4ccc(O)cc4CCC3C1[C@@H](O)[C@@H](O)[C@@H]2O.[2HH].[B]. The number of hydrogen-bond donors (Lipinski definition) is 6. The van der Waals surface area contributed by atoms with Crippen LogP contribution in [0.3, 0.4) is 0 Å². The minimum absolute atomic E-state index is 0. The molecule has 0 spiro atoms. The maximum Gasteiger partial charge on any atom is 0.308 e. The molecule has 5 saturated carbocycles. The Hall–Kier alpha value is -5.06. The third-order valence-electron chi connectivity index (χ3n) is 20.6. The number of aryl methyl sites for hydroxylation is 3. The monoisotopic (exact) mass is 1080 g/mol. The second-order valence-corrected chi connectivity index (χ2v) is 24.8. The molecule has 19 atom stereocenters. The fourth-order valence-electron chi connectivity index (χ4n) is 17.4. The molecule has 423 valence electrons. The number of fused-ring (bicyclic) bond motifs is 15. The fourth-order valence-corrected chi connectivity index (χ4v) is 17.4. The third-order valence-corrected chi connectivity index (χ3v) is 20.6. The van der Waals surface area contributed by atoms with Gasteiger partial charge >= 0.3 is 23.9 Å². The molecular formula is C63H84BO14. The average molecular weight is 1080 g/mol. The molecule has 14 nitrogen and oxygen atoms in total. The minimum Gasteiger partial charge on any atom is -0.508 e. The van der Waals surface area contributed by atoms with E-state index in [4.69, 9.17) is 18.9 Å². The summed E-state index contributed by atoms with van der Waals surface area (Å²) in [5, 5.41) is 62.2. The topological polar surface area (TPSA) is 227 Å². The second-order valence-electron chi connectivity index (χ2n) is 24.8. The molecule has 0 aliphatic heterocycles. The summed E-state index contributed by atoms with van der Waals surface area (Å²) in [6.45, 7) is 12.0. The highest BCUT2D eigenvalue weighted by Crippen LogP contribution is 2.64. The number of esters is 4. The molecule has 9 aliphatic rings. The lowest BCUT2D eigenvalue weighted by Crippen LogP contribution is -2.47. The number of phenolic OH excluding ortho intramolecular Hbond substituents is 1. The van der Waals surface area contributed by atoms with Crippen LogP contribution in [0.15, 0.2) is 66.7 Å². The predicted molar refractivity (Wildman–Crippen MR) is 295 cm³/mol. The number of aliphatic hydroxyl groups excluding tert-OH is 5. The summed E-state index contributed by atoms with van der Waals surface area (Å²) >= 11 is 0. The van der Waals surface area contributed by atoms with Gasteiger partial charge in [0.15, 0.2) is 0 Å². The molecule has 78 heavy (non-hydrogen) atoms. The van der Waals surface area contributed by atoms with Crippen molar-refractivity contribution in [3.8, 4) is 17.2 Å². The Balaban J connectivity index is 0.000000169. The van der Waals surface area contributed by atoms with Crippen LogP contribution in [0.2, 0.25) is 0 Å². The summed E-state index contributed by atoms with van der Waals surface area (Å²) in [5.41, 5.74) is 6.82. The van der Waals surface area contributed by atoms with Crippen LogP contribution in [0.25, 0.3) is 0 Å². The van der Waals surface area contributed by atoms with E-state index in [-0.39, 0.29) is 76.3 Å². The number of benzene rings is 3. The van der Waals surface area contributed by atoms with E-state index >= 15 is 0 Å². The van der Waals surface area contributed by atoms with Gasteiger partial charge < -0.3 is 49.6 Å². The molecule has 6 N–H and O–H groups in total. The van der Waals surface area contributed by atoms with Crippen molar-refractivity contribution < 1.29 is 70.2 Å². The number of ether oxygens (including phenoxy) is 4. The Morgan fingerprint density at radius 3 is 1.46 bits per heavy atom. The van der Waals surface area contributed by atoms with Crippen molar-refractivity contribution in [3.63, 3.8) is 0 Å². The molecule has 3 aromatic carbocycles. The molecule has 0 amide bonds. The number of carbonyl (C=O) groups excluding carboxylic acids is 4. The highest BCUT2D eigenvalue weighted by Gasteiger charge is 2.65. The second kappa shape index (κ2) is 22.5. The number of aliphatic hydroxyl groups is 5. The van der Waals surface area contributed by atoms with E-state index in [1.54, 1.807) is 6.07 Å². The van der Waals surface area contributed by atoms with E-state index < -0.39 is 53.4 Å². The normalized spacial score (nSPS) is 38.6. The van der Waals surface area contributed by atoms with Crippen molar-refractivity contribution in [1.29, 1.82) is 0 Å². The maximum absolute atomic E-state index is 11.6. The van der Waals surface area contributed by atoms with Gasteiger partial charge in [-0.2, -0.15) is 0 Å². The number of hydrogen-bond acceptors (Lipinski definition) is 14. The smallest absolute Gasteiger partial charge is 0.308 e. The summed E-state index contributed by atoms with van der Waals surface area (Å²) < 4.78 is 21.6. The molecule has 9 unspecified atom stereocenters. The molecule has 9 aliphatic carbocycles. The van der Waals surface area contributed by atoms with Crippen LogP contribution in [0.5, 0.6) is 17.2 Å². The molecule has 0 saturated heterocycles. The maximum atomic E-state index is 11.6. The quantitative estimate of drug-likeness (QED) is 0.0623. The van der Waals surface area contributed by atoms with Gasteiger partial charge in [-0.25, -0.2) is 0 Å². The molecule has 0 bridgehead atoms. The zero-order chi connectivity index (χ0) is 54.3. The van der Waals surface area contributed by atoms with Gasteiger partial charge in [0.05, 0.1) is 18.3 Å². The third kappa shape index (κ3) is 10.3. The number of aromatic hydroxyl groups is 1. The van der Waals surface area contributed by atoms with Gasteiger partial charge in [0.25, 0.3) is 0 Å². The minimum atomic E-state index is -1.05. The standard InChI is InChI=1S/C22H28O6.C22H26O4.C18H24O4.CH4.B.H2/c1-11(23)27-14-5-7-15-13(10-14)4-6-17-16(15)8-9-22(3)18(17)19(25)20(26)21(22)28-12(2)24;1-13(23)25-16-5-7-17-15(12-16)4-6-19-18(17)10-11-22(3)20(19)8-9-21(22)26-14(2)24;1-18-7-6-12-11-5-3-10(19)8-9(11)2-4-13(12)14(18)15(20)16(21)17(18)22;;;/h5,7,10,16-21,25-26H,4,6,8-9H2,1-3H3;5,7-9,12,18-21H,4,6,10-11H2,1-3H3;3,5,8,12-17,19-22H,2,4,6-7H2,1H3;1H4;;1H/t16?,17?,18?,19-,20-,21+,22+;18?,19?,20?,21-,22-;12?,13?,14?,15-,16-,17+,18+;;;/m101.../s1/i;;;;;1+1. The molecule has 3 aromatic rings. The summed E-state index contributed by atoms with van der Waals surface area (Å²) in [7, 11) is 0. The van der Waals surface area contributed by atoms with E-state index in [2.05, 4.69) is 25.1 Å². The van der Waals surface area contributed by atoms with Crippen LogP contribution in [-0.4, -0.2) is 106 Å². The van der Waals surface area contributed by atoms with Crippen LogP contribution < -0.4 is 9.47 Å². The van der Waals surface area contributed by atoms with Gasteiger partial charge in [0.1, 0.15) is 41.7 Å². The van der Waals surface area contributed by atoms with Crippen molar-refractivity contribution >= 4 is 32.3 Å². The summed E-state index contributed by atoms with van der Waals surface area (Å²) in [6.07, 6.45) is 10.3. The number of carbonyl (C=O) groups is 4. The lowest BCUT2D eigenvalue weighted by atomic mass is 9.55. The largest absolute Gasteiger partial charge is 0.508 e. The van der Waals surface area contributed by atoms with Crippen LogP contribution in [0.1, 0.15) is 166 Å². The van der Waals surface area contributed by atoms with Crippen LogP contribution in [0.4, 0.5) is 0 Å². The zero-order valence-electron chi connectivity index (χ0n) is 45.6. The first-order valence-electron chi connectivity index (χ1n) is 27.9. The van der Waals surface area contributed by atoms with Crippen molar-refractivity contribution in [3.05, 3.63) is 100 Å². The van der Waals surface area contributed by atoms with Crippen LogP contribution in [0, 0.1) is 51.8 Å². The first-order valence-corrected chi connectivity index (χ1v) is 27.9. The highest BCUT2D eigenvalue weighted by atomic mass is 16.6. The molecule has 12 rings (SSSR count). The van der Waals surface area contributed by atoms with E-state index in [1.165, 1.54) is 61.1 Å². The number of rotatable bonds is 4. The van der Waals surface area contributed by atoms with Gasteiger partial charge in [0, 0.05) is 53.8 Å². The van der Waals surface area contributed by atoms with Crippen LogP contribution in [-0.2, 0) is 47.9 Å². The summed E-state index contributed by atoms with van der Waals surface area (Å²) in [6, 6.07) is 17.5. The average Bonchev–Trinajstić information content (AvgIpc) is 3.99. The van der Waals surface area contributed by atoms with Crippen molar-refractivity contribution in [2.24, 2.45) is 51.8 Å². The number of phenols is 1. The Morgan fingerprint density at radius 1 is 0.513 bits per heavy atom. The molecule has 3 radical (unpaired) electrons. The van der Waals surface area contributed by atoms with E-state index in [0.717, 1.165) is 77.0 Å². The Labute approximate surface area is 463 Å². The Bertz CT molecular complexity index is 2790. The fraction of sp³-hybridized carbons (Fsp3) is 0.619. The Morgan fingerprint density at radius 2 is 0.949 bits per heavy atom. The highest BCUT2D eigenvalue weighted by molar-refractivity contribution is 5.75. The van der Waals surface area contributed by atoms with Crippen molar-refractivity contribution in [1.82, 2.24) is 0 Å². The first-order chi connectivity index (χ1) is 36.0. The zero-order valence-corrected chi connectivity index (χ0v) is 45.6. The van der Waals surface area contributed by atoms with Crippen LogP contribution >= 0.6 is 0 Å². The first kappa shape index (κ1) is 59.1. The lowest BCUT2D eigenvalue weighted by Gasteiger charge is -2.50. The number of allylic oxidation sites excluding steroid dienone is 1. The van der Waals surface area contributed by atoms with Gasteiger partial charge in [-0.1, -0.05) is 52.5 Å². The van der Waals surface area contributed by atoms with E-state index in [0.29, 0.717) is 40.9 Å². The predicted octanol–water partition coefficient (Wildman–Crippen LogP) is 8.57. The van der Waals surface area contributed by atoms with Gasteiger partial charge in [-0.15, -0.1) is 0 Å². The van der Waals surface area contributed by atoms with Crippen molar-refractivity contribution in [2.75, 3.05) is 0 Å². The van der Waals surface area contributed by atoms with E-state index in [1.807, 2.05) is 56.3 Å². The molecular weight excluding hydrogens is 991 g/mol. The van der Waals surface area contributed by atoms with Gasteiger partial charge in [0.2, 0.25) is 0 Å². The van der Waals surface area contributed by atoms with Crippen molar-refractivity contribution in [2.45, 2.75) is 193 Å². The summed E-state index contributed by atoms with van der Waals surface area (Å²) in [5.74, 6) is 2.82. The van der Waals surface area contributed by atoms with E-state index in [9.17, 15) is 49.8 Å². The summed E-state index contributed by atoms with van der Waals surface area (Å²) in [4.78, 5) is 45.5. The Kier molecular flexibility index (Phi) is 17.0. The molecule has 0 aromatic heterocycles. The van der Waals surface area contributed by atoms with Gasteiger partial charge in [-0.05, 0) is 206 Å². The molecule has 0 heterocycles. The lowest BCUT2D eigenvalue weighted by molar-refractivity contribution is -0.161.